The van der Waals surface area contributed by atoms with Crippen LogP contribution in [-0.4, -0.2) is 28.9 Å². The number of rotatable bonds is 6. The highest BCUT2D eigenvalue weighted by molar-refractivity contribution is 7.80. The minimum atomic E-state index is -0.263. The highest BCUT2D eigenvalue weighted by atomic mass is 35.5. The third-order valence-electron chi connectivity index (χ3n) is 6.00. The van der Waals surface area contributed by atoms with Crippen LogP contribution in [0.15, 0.2) is 79.1 Å². The average molecular weight is 525 g/mol. The molecular formula is C26H22Cl2N4O2S. The smallest absolute Gasteiger partial charge is 0.174 e. The van der Waals surface area contributed by atoms with Crippen LogP contribution in [0.3, 0.4) is 0 Å². The summed E-state index contributed by atoms with van der Waals surface area (Å²) in [6, 6.07) is 20.6. The van der Waals surface area contributed by atoms with Crippen LogP contribution in [0.2, 0.25) is 10.0 Å². The average Bonchev–Trinajstić information content (AvgIpc) is 3.48. The number of nitrogens with one attached hydrogen (secondary N) is 1. The van der Waals surface area contributed by atoms with Crippen molar-refractivity contribution >= 4 is 46.2 Å². The number of halogens is 2. The summed E-state index contributed by atoms with van der Waals surface area (Å²) in [6.07, 6.45) is 3.76. The van der Waals surface area contributed by atoms with Crippen LogP contribution in [0.5, 0.6) is 11.5 Å². The van der Waals surface area contributed by atoms with Crippen LogP contribution < -0.4 is 19.7 Å². The van der Waals surface area contributed by atoms with Crippen LogP contribution >= 0.6 is 35.4 Å². The van der Waals surface area contributed by atoms with Gasteiger partial charge in [-0.15, -0.1) is 0 Å². The van der Waals surface area contributed by atoms with E-state index in [2.05, 4.69) is 25.8 Å². The largest absolute Gasteiger partial charge is 0.497 e. The number of hydrogen-bond acceptors (Lipinski definition) is 4. The summed E-state index contributed by atoms with van der Waals surface area (Å²) in [5.74, 6) is 1.33. The number of ether oxygens (including phenoxy) is 2. The molecule has 0 bridgehead atoms. The van der Waals surface area contributed by atoms with Gasteiger partial charge in [-0.2, -0.15) is 0 Å². The zero-order valence-corrected chi connectivity index (χ0v) is 21.3. The fourth-order valence-electron chi connectivity index (χ4n) is 4.43. The van der Waals surface area contributed by atoms with Gasteiger partial charge in [-0.3, -0.25) is 4.98 Å². The number of thiocarbonyl (C=S) groups is 1. The van der Waals surface area contributed by atoms with Gasteiger partial charge in [0.25, 0.3) is 0 Å². The van der Waals surface area contributed by atoms with E-state index in [1.165, 1.54) is 0 Å². The Kier molecular flexibility index (Phi) is 6.56. The van der Waals surface area contributed by atoms with E-state index in [0.29, 0.717) is 26.7 Å². The van der Waals surface area contributed by atoms with Gasteiger partial charge in [0, 0.05) is 29.2 Å². The maximum absolute atomic E-state index is 6.61. The second-order valence-corrected chi connectivity index (χ2v) is 9.16. The lowest BCUT2D eigenvalue weighted by Gasteiger charge is -2.30. The van der Waals surface area contributed by atoms with E-state index < -0.39 is 0 Å². The summed E-state index contributed by atoms with van der Waals surface area (Å²) < 4.78 is 13.2. The van der Waals surface area contributed by atoms with Crippen molar-refractivity contribution in [2.75, 3.05) is 19.1 Å². The summed E-state index contributed by atoms with van der Waals surface area (Å²) in [7, 11) is 3.26. The van der Waals surface area contributed by atoms with E-state index in [9.17, 15) is 0 Å². The third kappa shape index (κ3) is 4.31. The SMILES string of the molecule is COc1ccc(N2C(=S)N[C@H](c3ccccn3)[C@@H]2c2cccn2-c2ccc(Cl)cc2Cl)c(OC)c1. The van der Waals surface area contributed by atoms with Crippen LogP contribution in [-0.2, 0) is 0 Å². The second kappa shape index (κ2) is 9.77. The molecule has 35 heavy (non-hydrogen) atoms. The lowest BCUT2D eigenvalue weighted by Crippen LogP contribution is -2.30. The van der Waals surface area contributed by atoms with E-state index >= 15 is 0 Å². The van der Waals surface area contributed by atoms with Crippen molar-refractivity contribution in [1.82, 2.24) is 14.9 Å². The van der Waals surface area contributed by atoms with Crippen LogP contribution in [0.1, 0.15) is 23.5 Å². The molecule has 3 heterocycles. The van der Waals surface area contributed by atoms with Gasteiger partial charge in [-0.1, -0.05) is 29.3 Å². The maximum atomic E-state index is 6.61. The Bertz CT molecular complexity index is 1380. The molecule has 9 heteroatoms. The molecule has 1 N–H and O–H groups in total. The van der Waals surface area contributed by atoms with Crippen LogP contribution in [0.25, 0.3) is 5.69 Å². The number of aromatic nitrogens is 2. The first-order valence-electron chi connectivity index (χ1n) is 10.9. The first kappa shape index (κ1) is 23.5. The third-order valence-corrected chi connectivity index (χ3v) is 6.85. The summed E-state index contributed by atoms with van der Waals surface area (Å²) in [4.78, 5) is 6.69. The lowest BCUT2D eigenvalue weighted by molar-refractivity contribution is 0.394. The molecule has 0 saturated carbocycles. The molecule has 2 atom stereocenters. The second-order valence-electron chi connectivity index (χ2n) is 7.93. The van der Waals surface area contributed by atoms with Gasteiger partial charge in [0.1, 0.15) is 17.5 Å². The topological polar surface area (TPSA) is 51.5 Å². The number of anilines is 1. The molecule has 1 saturated heterocycles. The highest BCUT2D eigenvalue weighted by Crippen LogP contribution is 2.46. The lowest BCUT2D eigenvalue weighted by atomic mass is 10.0. The monoisotopic (exact) mass is 524 g/mol. The van der Waals surface area contributed by atoms with Crippen molar-refractivity contribution in [2.24, 2.45) is 0 Å². The molecule has 0 spiro atoms. The van der Waals surface area contributed by atoms with Gasteiger partial charge in [0.05, 0.1) is 42.4 Å². The zero-order chi connectivity index (χ0) is 24.5. The number of methoxy groups -OCH3 is 2. The van der Waals surface area contributed by atoms with Gasteiger partial charge < -0.3 is 24.3 Å². The van der Waals surface area contributed by atoms with Crippen LogP contribution in [0, 0.1) is 0 Å². The molecule has 1 aliphatic heterocycles. The Morgan fingerprint density at radius 2 is 1.77 bits per heavy atom. The predicted molar refractivity (Wildman–Crippen MR) is 143 cm³/mol. The van der Waals surface area contributed by atoms with Gasteiger partial charge >= 0.3 is 0 Å². The molecular weight excluding hydrogens is 503 g/mol. The van der Waals surface area contributed by atoms with E-state index in [4.69, 9.17) is 44.9 Å². The fraction of sp³-hybridized carbons (Fsp3) is 0.154. The minimum Gasteiger partial charge on any atom is -0.497 e. The first-order valence-corrected chi connectivity index (χ1v) is 12.0. The molecule has 6 nitrogen and oxygen atoms in total. The van der Waals surface area contributed by atoms with E-state index in [1.54, 1.807) is 26.5 Å². The molecule has 5 rings (SSSR count). The van der Waals surface area contributed by atoms with Gasteiger partial charge in [0.15, 0.2) is 5.11 Å². The number of hydrogen-bond donors (Lipinski definition) is 1. The Morgan fingerprint density at radius 1 is 0.943 bits per heavy atom. The Morgan fingerprint density at radius 3 is 2.49 bits per heavy atom. The highest BCUT2D eigenvalue weighted by Gasteiger charge is 2.43. The molecule has 2 aromatic heterocycles. The number of nitrogens with zero attached hydrogens (tertiary/aromatic N) is 3. The predicted octanol–water partition coefficient (Wildman–Crippen LogP) is 6.37. The zero-order valence-electron chi connectivity index (χ0n) is 19.0. The maximum Gasteiger partial charge on any atom is 0.174 e. The Labute approximate surface area is 219 Å². The Balaban J connectivity index is 1.70. The molecule has 1 aliphatic rings. The quantitative estimate of drug-likeness (QED) is 0.295. The van der Waals surface area contributed by atoms with Crippen molar-refractivity contribution in [3.05, 3.63) is 101 Å². The molecule has 2 aromatic carbocycles. The molecule has 0 radical (unpaired) electrons. The van der Waals surface area contributed by atoms with Crippen molar-refractivity contribution < 1.29 is 9.47 Å². The van der Waals surface area contributed by atoms with Gasteiger partial charge in [-0.05, 0) is 66.8 Å². The van der Waals surface area contributed by atoms with E-state index in [1.807, 2.05) is 60.8 Å². The van der Waals surface area contributed by atoms with Crippen LogP contribution in [0.4, 0.5) is 5.69 Å². The van der Waals surface area contributed by atoms with Crippen molar-refractivity contribution in [2.45, 2.75) is 12.1 Å². The first-order chi connectivity index (χ1) is 17.0. The summed E-state index contributed by atoms with van der Waals surface area (Å²) in [5, 5.41) is 5.16. The standard InChI is InChI=1S/C26H22Cl2N4O2S/c1-33-17-9-11-21(23(15-17)34-2)32-25(24(30-26(32)35)19-6-3-4-12-29-19)22-7-5-13-31(22)20-10-8-16(27)14-18(20)28/h3-15,24-25H,1-2H3,(H,30,35)/t24-,25+/m1/s1. The molecule has 4 aromatic rings. The van der Waals surface area contributed by atoms with E-state index in [-0.39, 0.29) is 12.1 Å². The van der Waals surface area contributed by atoms with Gasteiger partial charge in [0.2, 0.25) is 0 Å². The Hall–Kier alpha value is -3.26. The normalized spacial score (nSPS) is 17.4. The fourth-order valence-corrected chi connectivity index (χ4v) is 5.27. The number of benzene rings is 2. The van der Waals surface area contributed by atoms with E-state index in [0.717, 1.165) is 22.8 Å². The van der Waals surface area contributed by atoms with Crippen molar-refractivity contribution in [3.63, 3.8) is 0 Å². The van der Waals surface area contributed by atoms with Gasteiger partial charge in [-0.25, -0.2) is 0 Å². The van der Waals surface area contributed by atoms with Crippen molar-refractivity contribution in [1.29, 1.82) is 0 Å². The molecule has 0 unspecified atom stereocenters. The number of pyridine rings is 1. The van der Waals surface area contributed by atoms with Crippen molar-refractivity contribution in [3.8, 4) is 17.2 Å². The molecule has 178 valence electrons. The molecule has 0 aliphatic carbocycles. The summed E-state index contributed by atoms with van der Waals surface area (Å²) in [6.45, 7) is 0. The summed E-state index contributed by atoms with van der Waals surface area (Å²) in [5.41, 5.74) is 3.46. The summed E-state index contributed by atoms with van der Waals surface area (Å²) >= 11 is 18.6. The minimum absolute atomic E-state index is 0.227. The molecule has 1 fully saturated rings. The molecule has 0 amide bonds.